The Labute approximate surface area is 133 Å². The summed E-state index contributed by atoms with van der Waals surface area (Å²) in [7, 11) is 2.10. The summed E-state index contributed by atoms with van der Waals surface area (Å²) in [5.41, 5.74) is 4.95. The normalized spacial score (nSPS) is 14.0. The number of nitrogens with one attached hydrogen (secondary N) is 1. The van der Waals surface area contributed by atoms with Gasteiger partial charge < -0.3 is 4.90 Å². The predicted octanol–water partition coefficient (Wildman–Crippen LogP) is 4.14. The number of likely N-dealkylation sites (tertiary alicyclic amines) is 1. The standard InChI is InChI=1S/C12H16N4O2.2C2H6/c1-15-8-6-11(7-9-15)14-13-10-2-4-12(5-3-10)16(17)18;2*1-2/h2-5,13H,6-9H2,1H3;2*1-2H3. The molecule has 6 heteroatoms. The lowest BCUT2D eigenvalue weighted by atomic mass is 10.1. The van der Waals surface area contributed by atoms with Gasteiger partial charge in [0.05, 0.1) is 10.6 Å². The van der Waals surface area contributed by atoms with Crippen LogP contribution in [0.1, 0.15) is 40.5 Å². The van der Waals surface area contributed by atoms with E-state index in [4.69, 9.17) is 0 Å². The van der Waals surface area contributed by atoms with Crippen molar-refractivity contribution in [2.24, 2.45) is 5.10 Å². The minimum atomic E-state index is -0.410. The Bertz CT molecular complexity index is 448. The molecule has 1 aromatic rings. The van der Waals surface area contributed by atoms with Crippen molar-refractivity contribution >= 4 is 17.1 Å². The van der Waals surface area contributed by atoms with Crippen molar-refractivity contribution in [3.05, 3.63) is 34.4 Å². The van der Waals surface area contributed by atoms with E-state index in [9.17, 15) is 10.1 Å². The van der Waals surface area contributed by atoms with Crippen molar-refractivity contribution in [2.75, 3.05) is 25.6 Å². The Morgan fingerprint density at radius 2 is 1.59 bits per heavy atom. The van der Waals surface area contributed by atoms with E-state index >= 15 is 0 Å². The fourth-order valence-corrected chi connectivity index (χ4v) is 1.79. The van der Waals surface area contributed by atoms with Crippen LogP contribution in [0.2, 0.25) is 0 Å². The van der Waals surface area contributed by atoms with Crippen LogP contribution in [0.15, 0.2) is 29.4 Å². The van der Waals surface area contributed by atoms with E-state index in [0.29, 0.717) is 0 Å². The SMILES string of the molecule is CC.CC.CN1CCC(=NNc2ccc([N+](=O)[O-])cc2)CC1. The van der Waals surface area contributed by atoms with Gasteiger partial charge in [0.1, 0.15) is 0 Å². The zero-order valence-corrected chi connectivity index (χ0v) is 14.3. The first-order valence-electron chi connectivity index (χ1n) is 7.89. The number of hydrogen-bond acceptors (Lipinski definition) is 5. The van der Waals surface area contributed by atoms with Crippen LogP contribution in [0.25, 0.3) is 0 Å². The number of piperidine rings is 1. The Kier molecular flexibility index (Phi) is 10.6. The number of nitro benzene ring substituents is 1. The van der Waals surface area contributed by atoms with Gasteiger partial charge in [-0.15, -0.1) is 0 Å². The Hall–Kier alpha value is -1.95. The number of benzene rings is 1. The summed E-state index contributed by atoms with van der Waals surface area (Å²) in [6.07, 6.45) is 1.94. The van der Waals surface area contributed by atoms with Crippen LogP contribution in [-0.4, -0.2) is 35.7 Å². The van der Waals surface area contributed by atoms with Gasteiger partial charge in [0, 0.05) is 43.8 Å². The molecule has 6 nitrogen and oxygen atoms in total. The highest BCUT2D eigenvalue weighted by atomic mass is 16.6. The molecule has 0 aromatic heterocycles. The fraction of sp³-hybridized carbons (Fsp3) is 0.562. The molecule has 1 aliphatic rings. The first kappa shape index (κ1) is 20.1. The summed E-state index contributed by atoms with van der Waals surface area (Å²) in [6, 6.07) is 6.27. The lowest BCUT2D eigenvalue weighted by molar-refractivity contribution is -0.384. The zero-order valence-electron chi connectivity index (χ0n) is 14.3. The smallest absolute Gasteiger partial charge is 0.269 e. The van der Waals surface area contributed by atoms with Crippen molar-refractivity contribution in [1.29, 1.82) is 0 Å². The van der Waals surface area contributed by atoms with Crippen LogP contribution in [0, 0.1) is 10.1 Å². The molecule has 1 N–H and O–H groups in total. The molecule has 0 bridgehead atoms. The molecule has 1 fully saturated rings. The molecule has 0 saturated carbocycles. The second-order valence-electron chi connectivity index (χ2n) is 4.40. The Morgan fingerprint density at radius 1 is 1.09 bits per heavy atom. The monoisotopic (exact) mass is 308 g/mol. The molecule has 22 heavy (non-hydrogen) atoms. The van der Waals surface area contributed by atoms with Crippen LogP contribution in [-0.2, 0) is 0 Å². The summed E-state index contributed by atoms with van der Waals surface area (Å²) in [5.74, 6) is 0. The van der Waals surface area contributed by atoms with Crippen LogP contribution >= 0.6 is 0 Å². The maximum Gasteiger partial charge on any atom is 0.269 e. The minimum Gasteiger partial charge on any atom is -0.306 e. The van der Waals surface area contributed by atoms with E-state index < -0.39 is 4.92 Å². The highest BCUT2D eigenvalue weighted by molar-refractivity contribution is 5.86. The number of nitro groups is 1. The first-order valence-corrected chi connectivity index (χ1v) is 7.89. The number of nitrogens with zero attached hydrogens (tertiary/aromatic N) is 3. The number of hydrazone groups is 1. The molecule has 0 spiro atoms. The van der Waals surface area contributed by atoms with Gasteiger partial charge in [-0.05, 0) is 19.2 Å². The molecule has 2 rings (SSSR count). The maximum absolute atomic E-state index is 10.5. The summed E-state index contributed by atoms with van der Waals surface area (Å²) >= 11 is 0. The second kappa shape index (κ2) is 11.7. The van der Waals surface area contributed by atoms with Crippen molar-refractivity contribution in [2.45, 2.75) is 40.5 Å². The van der Waals surface area contributed by atoms with E-state index in [0.717, 1.165) is 37.3 Å². The molecule has 0 unspecified atom stereocenters. The molecule has 0 atom stereocenters. The molecule has 124 valence electrons. The first-order chi connectivity index (χ1) is 10.6. The van der Waals surface area contributed by atoms with Gasteiger partial charge in [-0.2, -0.15) is 5.10 Å². The summed E-state index contributed by atoms with van der Waals surface area (Å²) in [6.45, 7) is 10.1. The lowest BCUT2D eigenvalue weighted by Gasteiger charge is -2.22. The maximum atomic E-state index is 10.5. The summed E-state index contributed by atoms with van der Waals surface area (Å²) in [5, 5.41) is 14.8. The third-order valence-electron chi connectivity index (χ3n) is 2.99. The van der Waals surface area contributed by atoms with Gasteiger partial charge >= 0.3 is 0 Å². The molecule has 1 aromatic carbocycles. The van der Waals surface area contributed by atoms with E-state index in [2.05, 4.69) is 22.5 Å². The average Bonchev–Trinajstić information content (AvgIpc) is 2.58. The van der Waals surface area contributed by atoms with Gasteiger partial charge in [-0.25, -0.2) is 0 Å². The summed E-state index contributed by atoms with van der Waals surface area (Å²) < 4.78 is 0. The molecular formula is C16H28N4O2. The molecule has 1 heterocycles. The highest BCUT2D eigenvalue weighted by Crippen LogP contribution is 2.15. The quantitative estimate of drug-likeness (QED) is 0.673. The highest BCUT2D eigenvalue weighted by Gasteiger charge is 2.11. The lowest BCUT2D eigenvalue weighted by Crippen LogP contribution is -2.30. The Balaban J connectivity index is 0.00000102. The van der Waals surface area contributed by atoms with Crippen molar-refractivity contribution < 1.29 is 4.92 Å². The van der Waals surface area contributed by atoms with Gasteiger partial charge in [0.25, 0.3) is 5.69 Å². The topological polar surface area (TPSA) is 70.8 Å². The van der Waals surface area contributed by atoms with Gasteiger partial charge in [-0.3, -0.25) is 15.5 Å². The van der Waals surface area contributed by atoms with E-state index in [1.807, 2.05) is 27.7 Å². The van der Waals surface area contributed by atoms with E-state index in [1.165, 1.54) is 12.1 Å². The predicted molar refractivity (Wildman–Crippen MR) is 93.6 cm³/mol. The zero-order chi connectivity index (χ0) is 17.0. The summed E-state index contributed by atoms with van der Waals surface area (Å²) in [4.78, 5) is 12.4. The van der Waals surface area contributed by atoms with Crippen LogP contribution in [0.3, 0.4) is 0 Å². The van der Waals surface area contributed by atoms with Crippen LogP contribution < -0.4 is 5.43 Å². The van der Waals surface area contributed by atoms with Crippen molar-refractivity contribution in [3.63, 3.8) is 0 Å². The van der Waals surface area contributed by atoms with E-state index in [-0.39, 0.29) is 5.69 Å². The number of rotatable bonds is 3. The number of non-ortho nitro benzene ring substituents is 1. The third-order valence-corrected chi connectivity index (χ3v) is 2.99. The largest absolute Gasteiger partial charge is 0.306 e. The van der Waals surface area contributed by atoms with Crippen molar-refractivity contribution in [3.8, 4) is 0 Å². The minimum absolute atomic E-state index is 0.0903. The van der Waals surface area contributed by atoms with Crippen LogP contribution in [0.5, 0.6) is 0 Å². The van der Waals surface area contributed by atoms with Gasteiger partial charge in [0.15, 0.2) is 0 Å². The third kappa shape index (κ3) is 7.17. The Morgan fingerprint density at radius 3 is 2.05 bits per heavy atom. The molecule has 0 aliphatic carbocycles. The molecular weight excluding hydrogens is 280 g/mol. The van der Waals surface area contributed by atoms with Gasteiger partial charge in [-0.1, -0.05) is 27.7 Å². The molecule has 1 aliphatic heterocycles. The van der Waals surface area contributed by atoms with Crippen LogP contribution in [0.4, 0.5) is 11.4 Å². The fourth-order valence-electron chi connectivity index (χ4n) is 1.79. The molecule has 0 radical (unpaired) electrons. The number of anilines is 1. The van der Waals surface area contributed by atoms with E-state index in [1.54, 1.807) is 12.1 Å². The second-order valence-corrected chi connectivity index (χ2v) is 4.40. The molecule has 0 amide bonds. The number of hydrogen-bond donors (Lipinski definition) is 1. The average molecular weight is 308 g/mol. The van der Waals surface area contributed by atoms with Crippen molar-refractivity contribution in [1.82, 2.24) is 4.90 Å². The molecule has 1 saturated heterocycles. The van der Waals surface area contributed by atoms with Gasteiger partial charge in [0.2, 0.25) is 0 Å².